The topological polar surface area (TPSA) is 51.2 Å². The van der Waals surface area contributed by atoms with E-state index in [0.717, 1.165) is 24.7 Å². The molecule has 1 rings (SSSR count). The van der Waals surface area contributed by atoms with E-state index in [0.29, 0.717) is 5.56 Å². The second-order valence-electron chi connectivity index (χ2n) is 4.18. The van der Waals surface area contributed by atoms with Gasteiger partial charge in [0.1, 0.15) is 5.75 Å². The fraction of sp³-hybridized carbons (Fsp3) is 0.462. The first-order valence-corrected chi connectivity index (χ1v) is 7.76. The van der Waals surface area contributed by atoms with E-state index in [-0.39, 0.29) is 5.78 Å². The van der Waals surface area contributed by atoms with Crippen LogP contribution < -0.4 is 0 Å². The van der Waals surface area contributed by atoms with Crippen molar-refractivity contribution in [1.82, 2.24) is 0 Å². The predicted molar refractivity (Wildman–Crippen MR) is 69.2 cm³/mol. The third-order valence-corrected chi connectivity index (χ3v) is 3.47. The Bertz CT molecular complexity index is 515. The minimum Gasteiger partial charge on any atom is -0.293 e. The van der Waals surface area contributed by atoms with Gasteiger partial charge >= 0.3 is 0 Å². The van der Waals surface area contributed by atoms with Crippen molar-refractivity contribution < 1.29 is 13.2 Å². The second-order valence-corrected chi connectivity index (χ2v) is 6.32. The van der Waals surface area contributed by atoms with Crippen LogP contribution in [0.15, 0.2) is 18.2 Å². The Hall–Kier alpha value is -1.16. The molecule has 1 aromatic carbocycles. The minimum absolute atomic E-state index is 0.329. The van der Waals surface area contributed by atoms with E-state index >= 15 is 0 Å². The molecule has 0 bridgehead atoms. The lowest BCUT2D eigenvalue weighted by molar-refractivity contribution is 0.102. The highest BCUT2D eigenvalue weighted by Gasteiger charge is 2.14. The van der Waals surface area contributed by atoms with E-state index in [2.05, 4.69) is 6.92 Å². The normalized spacial score (nSPS) is 11.5. The summed E-state index contributed by atoms with van der Waals surface area (Å²) in [6, 6.07) is 5.44. The highest BCUT2D eigenvalue weighted by atomic mass is 32.2. The molecule has 0 spiro atoms. The van der Waals surface area contributed by atoms with Crippen LogP contribution >= 0.6 is 0 Å². The van der Waals surface area contributed by atoms with Crippen LogP contribution in [0.4, 0.5) is 0 Å². The maximum atomic E-state index is 11.7. The predicted octanol–water partition coefficient (Wildman–Crippen LogP) is 2.04. The van der Waals surface area contributed by atoms with Crippen molar-refractivity contribution in [3.8, 4) is 0 Å². The monoisotopic (exact) mass is 254 g/mol. The number of hydrogen-bond acceptors (Lipinski definition) is 3. The molecule has 0 saturated heterocycles. The Labute approximate surface area is 103 Å². The largest absolute Gasteiger partial charge is 0.293 e. The van der Waals surface area contributed by atoms with Gasteiger partial charge in [-0.25, -0.2) is 8.42 Å². The first-order chi connectivity index (χ1) is 7.87. The number of Topliss-reactive ketones (excluding diaryl/α,β-unsaturated/α-hetero) is 1. The number of aryl methyl sites for hydroxylation is 2. The van der Waals surface area contributed by atoms with E-state index in [1.165, 1.54) is 5.56 Å². The molecule has 94 valence electrons. The summed E-state index contributed by atoms with van der Waals surface area (Å²) in [5, 5.41) is 0. The van der Waals surface area contributed by atoms with Crippen LogP contribution in [-0.4, -0.2) is 26.2 Å². The van der Waals surface area contributed by atoms with Gasteiger partial charge in [0.05, 0.1) is 0 Å². The molecule has 0 aliphatic carbocycles. The average molecular weight is 254 g/mol. The molecule has 1 aromatic rings. The molecule has 0 heterocycles. The van der Waals surface area contributed by atoms with Gasteiger partial charge in [-0.3, -0.25) is 4.79 Å². The van der Waals surface area contributed by atoms with Gasteiger partial charge in [0.15, 0.2) is 15.6 Å². The van der Waals surface area contributed by atoms with Crippen LogP contribution in [0.2, 0.25) is 0 Å². The maximum absolute atomic E-state index is 11.7. The molecule has 0 saturated carbocycles. The van der Waals surface area contributed by atoms with Crippen LogP contribution in [0.3, 0.4) is 0 Å². The lowest BCUT2D eigenvalue weighted by Gasteiger charge is -2.08. The molecule has 0 radical (unpaired) electrons. The summed E-state index contributed by atoms with van der Waals surface area (Å²) in [6.45, 7) is 4.09. The van der Waals surface area contributed by atoms with Crippen LogP contribution in [-0.2, 0) is 22.7 Å². The minimum atomic E-state index is -3.26. The van der Waals surface area contributed by atoms with Crippen LogP contribution in [0.5, 0.6) is 0 Å². The van der Waals surface area contributed by atoms with Crippen molar-refractivity contribution in [2.45, 2.75) is 26.7 Å². The summed E-state index contributed by atoms with van der Waals surface area (Å²) in [5.74, 6) is -0.744. The molecule has 0 N–H and O–H groups in total. The molecular weight excluding hydrogens is 236 g/mol. The van der Waals surface area contributed by atoms with Gasteiger partial charge in [-0.05, 0) is 30.0 Å². The van der Waals surface area contributed by atoms with Gasteiger partial charge in [0, 0.05) is 11.8 Å². The third kappa shape index (κ3) is 3.97. The third-order valence-electron chi connectivity index (χ3n) is 2.68. The first kappa shape index (κ1) is 13.9. The number of rotatable bonds is 5. The fourth-order valence-electron chi connectivity index (χ4n) is 1.79. The van der Waals surface area contributed by atoms with E-state index in [1.54, 1.807) is 6.07 Å². The molecule has 0 aliphatic rings. The summed E-state index contributed by atoms with van der Waals surface area (Å²) >= 11 is 0. The number of hydrogen-bond donors (Lipinski definition) is 0. The van der Waals surface area contributed by atoms with Crippen molar-refractivity contribution in [2.24, 2.45) is 0 Å². The summed E-state index contributed by atoms with van der Waals surface area (Å²) in [6.07, 6.45) is 2.85. The molecule has 0 atom stereocenters. The van der Waals surface area contributed by atoms with Crippen molar-refractivity contribution >= 4 is 15.6 Å². The summed E-state index contributed by atoms with van der Waals surface area (Å²) < 4.78 is 22.1. The van der Waals surface area contributed by atoms with Crippen molar-refractivity contribution in [2.75, 3.05) is 12.0 Å². The lowest BCUT2D eigenvalue weighted by Crippen LogP contribution is -2.15. The zero-order valence-electron chi connectivity index (χ0n) is 10.5. The Balaban J connectivity index is 3.04. The van der Waals surface area contributed by atoms with Gasteiger partial charge in [-0.15, -0.1) is 0 Å². The molecule has 0 fully saturated rings. The Kier molecular flexibility index (Phi) is 4.46. The number of sulfone groups is 1. The zero-order chi connectivity index (χ0) is 13.1. The summed E-state index contributed by atoms with van der Waals surface area (Å²) in [4.78, 5) is 11.7. The molecule has 0 aromatic heterocycles. The number of carbonyl (C=O) groups excluding carboxylic acids is 1. The standard InChI is InChI=1S/C13H18O3S/c1-4-10-6-7-12(8-11(10)5-2)13(14)9-17(3,15)16/h6-8H,4-5,9H2,1-3H3. The number of benzene rings is 1. The molecule has 3 nitrogen and oxygen atoms in total. The van der Waals surface area contributed by atoms with Gasteiger partial charge in [0.25, 0.3) is 0 Å². The van der Waals surface area contributed by atoms with Crippen LogP contribution in [0.1, 0.15) is 35.3 Å². The van der Waals surface area contributed by atoms with Crippen molar-refractivity contribution in [1.29, 1.82) is 0 Å². The molecule has 0 amide bonds. The number of ketones is 1. The molecule has 0 unspecified atom stereocenters. The second kappa shape index (κ2) is 5.45. The molecular formula is C13H18O3S. The van der Waals surface area contributed by atoms with Crippen molar-refractivity contribution in [3.05, 3.63) is 34.9 Å². The Morgan fingerprint density at radius 1 is 1.12 bits per heavy atom. The van der Waals surface area contributed by atoms with Gasteiger partial charge in [0.2, 0.25) is 0 Å². The van der Waals surface area contributed by atoms with E-state index in [4.69, 9.17) is 0 Å². The van der Waals surface area contributed by atoms with Gasteiger partial charge < -0.3 is 0 Å². The summed E-state index contributed by atoms with van der Waals surface area (Å²) in [5.41, 5.74) is 2.82. The zero-order valence-corrected chi connectivity index (χ0v) is 11.3. The lowest BCUT2D eigenvalue weighted by atomic mass is 9.99. The average Bonchev–Trinajstić information content (AvgIpc) is 2.25. The summed E-state index contributed by atoms with van der Waals surface area (Å²) in [7, 11) is -3.26. The van der Waals surface area contributed by atoms with E-state index in [1.807, 2.05) is 19.1 Å². The van der Waals surface area contributed by atoms with Crippen LogP contribution in [0.25, 0.3) is 0 Å². The Morgan fingerprint density at radius 2 is 1.71 bits per heavy atom. The van der Waals surface area contributed by atoms with Gasteiger partial charge in [-0.2, -0.15) is 0 Å². The maximum Gasteiger partial charge on any atom is 0.177 e. The molecule has 17 heavy (non-hydrogen) atoms. The molecule has 4 heteroatoms. The van der Waals surface area contributed by atoms with Gasteiger partial charge in [-0.1, -0.05) is 26.0 Å². The first-order valence-electron chi connectivity index (χ1n) is 5.70. The molecule has 0 aliphatic heterocycles. The van der Waals surface area contributed by atoms with E-state index in [9.17, 15) is 13.2 Å². The fourth-order valence-corrected chi connectivity index (χ4v) is 2.44. The SMILES string of the molecule is CCc1ccc(C(=O)CS(C)(=O)=O)cc1CC. The Morgan fingerprint density at radius 3 is 2.18 bits per heavy atom. The van der Waals surface area contributed by atoms with E-state index < -0.39 is 15.6 Å². The highest BCUT2D eigenvalue weighted by molar-refractivity contribution is 7.91. The van der Waals surface area contributed by atoms with Crippen molar-refractivity contribution in [3.63, 3.8) is 0 Å². The number of carbonyl (C=O) groups is 1. The highest BCUT2D eigenvalue weighted by Crippen LogP contribution is 2.14. The smallest absolute Gasteiger partial charge is 0.177 e. The van der Waals surface area contributed by atoms with Crippen LogP contribution in [0, 0.1) is 0 Å². The quantitative estimate of drug-likeness (QED) is 0.756.